The first kappa shape index (κ1) is 15.3. The van der Waals surface area contributed by atoms with Crippen LogP contribution in [0.2, 0.25) is 0 Å². The number of nitrogens with one attached hydrogen (secondary N) is 1. The van der Waals surface area contributed by atoms with Crippen LogP contribution in [0.3, 0.4) is 0 Å². The molecule has 0 saturated heterocycles. The molecule has 120 valence electrons. The molecule has 0 saturated carbocycles. The fraction of sp³-hybridized carbons (Fsp3) is 0.353. The summed E-state index contributed by atoms with van der Waals surface area (Å²) in [4.78, 5) is 29.1. The summed E-state index contributed by atoms with van der Waals surface area (Å²) in [7, 11) is 0. The van der Waals surface area contributed by atoms with Crippen LogP contribution in [-0.2, 0) is 17.6 Å². The van der Waals surface area contributed by atoms with E-state index >= 15 is 0 Å². The molecule has 6 nitrogen and oxygen atoms in total. The van der Waals surface area contributed by atoms with Crippen LogP contribution in [0.25, 0.3) is 0 Å². The molecule has 1 aliphatic rings. The van der Waals surface area contributed by atoms with Crippen LogP contribution >= 0.6 is 0 Å². The predicted molar refractivity (Wildman–Crippen MR) is 85.7 cm³/mol. The van der Waals surface area contributed by atoms with Gasteiger partial charge in [-0.05, 0) is 44.7 Å². The Morgan fingerprint density at radius 1 is 1.22 bits per heavy atom. The highest BCUT2D eigenvalue weighted by atomic mass is 16.5. The molecule has 6 heteroatoms. The van der Waals surface area contributed by atoms with Gasteiger partial charge in [0.1, 0.15) is 0 Å². The molecule has 0 atom stereocenters. The maximum absolute atomic E-state index is 12.3. The lowest BCUT2D eigenvalue weighted by molar-refractivity contribution is 0.102. The van der Waals surface area contributed by atoms with Gasteiger partial charge in [-0.1, -0.05) is 18.2 Å². The molecule has 0 spiro atoms. The van der Waals surface area contributed by atoms with E-state index in [1.807, 2.05) is 6.07 Å². The fourth-order valence-electron chi connectivity index (χ4n) is 2.77. The highest BCUT2D eigenvalue weighted by Crippen LogP contribution is 2.25. The Bertz CT molecular complexity index is 722. The molecule has 1 aliphatic carbocycles. The normalized spacial score (nSPS) is 13.3. The third-order valence-corrected chi connectivity index (χ3v) is 3.84. The van der Waals surface area contributed by atoms with Crippen LogP contribution in [0.15, 0.2) is 30.3 Å². The first-order valence-corrected chi connectivity index (χ1v) is 7.84. The molecular formula is C17H19N3O3. The first-order chi connectivity index (χ1) is 11.2. The fourth-order valence-corrected chi connectivity index (χ4v) is 2.77. The van der Waals surface area contributed by atoms with E-state index in [-0.39, 0.29) is 18.5 Å². The van der Waals surface area contributed by atoms with Gasteiger partial charge in [0.25, 0.3) is 5.91 Å². The second-order valence-corrected chi connectivity index (χ2v) is 5.39. The van der Waals surface area contributed by atoms with Crippen LogP contribution in [0.1, 0.15) is 41.5 Å². The number of hydrogen-bond acceptors (Lipinski definition) is 4. The van der Waals surface area contributed by atoms with E-state index < -0.39 is 6.09 Å². The number of aryl methyl sites for hydroxylation is 1. The summed E-state index contributed by atoms with van der Waals surface area (Å²) in [5, 5.41) is 2.74. The largest absolute Gasteiger partial charge is 0.449 e. The van der Waals surface area contributed by atoms with Gasteiger partial charge in [-0.2, -0.15) is 0 Å². The molecule has 0 bridgehead atoms. The summed E-state index contributed by atoms with van der Waals surface area (Å²) in [5.74, 6) is -0.0531. The molecule has 23 heavy (non-hydrogen) atoms. The number of rotatable bonds is 3. The molecule has 0 fully saturated rings. The molecule has 1 aromatic heterocycles. The summed E-state index contributed by atoms with van der Waals surface area (Å²) in [5.41, 5.74) is 2.23. The first-order valence-electron chi connectivity index (χ1n) is 7.84. The molecule has 1 amide bonds. The average molecular weight is 313 g/mol. The van der Waals surface area contributed by atoms with Crippen LogP contribution in [0.4, 0.5) is 10.7 Å². The van der Waals surface area contributed by atoms with E-state index in [1.54, 1.807) is 31.2 Å². The minimum atomic E-state index is -0.494. The summed E-state index contributed by atoms with van der Waals surface area (Å²) in [6.45, 7) is 2.03. The van der Waals surface area contributed by atoms with E-state index in [1.165, 1.54) is 4.57 Å². The monoisotopic (exact) mass is 313 g/mol. The van der Waals surface area contributed by atoms with Crippen LogP contribution in [0.5, 0.6) is 0 Å². The molecule has 1 aromatic carbocycles. The quantitative estimate of drug-likeness (QED) is 0.945. The third kappa shape index (κ3) is 3.11. The van der Waals surface area contributed by atoms with Crippen molar-refractivity contribution in [3.8, 4) is 0 Å². The molecule has 1 heterocycles. The summed E-state index contributed by atoms with van der Waals surface area (Å²) in [6.07, 6.45) is 3.13. The zero-order valence-corrected chi connectivity index (χ0v) is 13.0. The second kappa shape index (κ2) is 6.64. The van der Waals surface area contributed by atoms with Crippen molar-refractivity contribution in [2.45, 2.75) is 32.6 Å². The lowest BCUT2D eigenvalue weighted by Gasteiger charge is -2.13. The number of anilines is 1. The number of aromatic nitrogens is 2. The van der Waals surface area contributed by atoms with E-state index in [0.717, 1.165) is 37.1 Å². The lowest BCUT2D eigenvalue weighted by Crippen LogP contribution is -2.22. The van der Waals surface area contributed by atoms with Crippen molar-refractivity contribution in [1.82, 2.24) is 9.55 Å². The van der Waals surface area contributed by atoms with Gasteiger partial charge >= 0.3 is 6.09 Å². The zero-order chi connectivity index (χ0) is 16.2. The van der Waals surface area contributed by atoms with Gasteiger partial charge in [-0.3, -0.25) is 10.1 Å². The van der Waals surface area contributed by atoms with E-state index in [0.29, 0.717) is 5.56 Å². The summed E-state index contributed by atoms with van der Waals surface area (Å²) >= 11 is 0. The predicted octanol–water partition coefficient (Wildman–Crippen LogP) is 3.02. The van der Waals surface area contributed by atoms with E-state index in [4.69, 9.17) is 4.74 Å². The SMILES string of the molecule is CCOC(=O)n1c(NC(=O)c2ccccc2)nc2c1CCCC2. The molecule has 3 rings (SSSR count). The smallest absolute Gasteiger partial charge is 0.421 e. The topological polar surface area (TPSA) is 73.2 Å². The number of carbonyl (C=O) groups excluding carboxylic acids is 2. The lowest BCUT2D eigenvalue weighted by atomic mass is 10.0. The Balaban J connectivity index is 1.93. The number of fused-ring (bicyclic) bond motifs is 1. The highest BCUT2D eigenvalue weighted by molar-refractivity contribution is 6.04. The molecule has 1 N–H and O–H groups in total. The molecule has 0 aliphatic heterocycles. The van der Waals surface area contributed by atoms with Crippen LogP contribution in [-0.4, -0.2) is 28.2 Å². The Morgan fingerprint density at radius 2 is 1.96 bits per heavy atom. The third-order valence-electron chi connectivity index (χ3n) is 3.84. The Morgan fingerprint density at radius 3 is 2.70 bits per heavy atom. The van der Waals surface area contributed by atoms with E-state index in [2.05, 4.69) is 10.3 Å². The van der Waals surface area contributed by atoms with Gasteiger partial charge in [-0.15, -0.1) is 0 Å². The summed E-state index contributed by atoms with van der Waals surface area (Å²) < 4.78 is 6.51. The second-order valence-electron chi connectivity index (χ2n) is 5.39. The number of nitrogens with zero attached hydrogens (tertiary/aromatic N) is 2. The highest BCUT2D eigenvalue weighted by Gasteiger charge is 2.25. The van der Waals surface area contributed by atoms with E-state index in [9.17, 15) is 9.59 Å². The molecular weight excluding hydrogens is 294 g/mol. The van der Waals surface area contributed by atoms with Crippen molar-refractivity contribution in [1.29, 1.82) is 0 Å². The maximum atomic E-state index is 12.3. The van der Waals surface area contributed by atoms with Crippen molar-refractivity contribution in [2.75, 3.05) is 11.9 Å². The number of imidazole rings is 1. The Labute approximate surface area is 134 Å². The maximum Gasteiger partial charge on any atom is 0.421 e. The Kier molecular flexibility index (Phi) is 4.41. The Hall–Kier alpha value is -2.63. The number of hydrogen-bond donors (Lipinski definition) is 1. The van der Waals surface area contributed by atoms with Crippen molar-refractivity contribution in [3.63, 3.8) is 0 Å². The standard InChI is InChI=1S/C17H19N3O3/c1-2-23-17(22)20-14-11-7-6-10-13(14)18-16(20)19-15(21)12-8-4-3-5-9-12/h3-5,8-9H,2,6-7,10-11H2,1H3,(H,18,19,21). The van der Waals surface area contributed by atoms with Crippen molar-refractivity contribution < 1.29 is 14.3 Å². The van der Waals surface area contributed by atoms with Gasteiger partial charge in [0.05, 0.1) is 18.0 Å². The van der Waals surface area contributed by atoms with Gasteiger partial charge in [0.15, 0.2) is 0 Å². The number of benzene rings is 1. The van der Waals surface area contributed by atoms with Crippen LogP contribution < -0.4 is 5.32 Å². The van der Waals surface area contributed by atoms with Crippen LogP contribution in [0, 0.1) is 0 Å². The number of carbonyl (C=O) groups is 2. The number of amides is 1. The molecule has 0 unspecified atom stereocenters. The molecule has 0 radical (unpaired) electrons. The minimum absolute atomic E-state index is 0.240. The average Bonchev–Trinajstić information content (AvgIpc) is 2.93. The summed E-state index contributed by atoms with van der Waals surface area (Å²) in [6, 6.07) is 8.85. The van der Waals surface area contributed by atoms with Crippen molar-refractivity contribution in [2.24, 2.45) is 0 Å². The van der Waals surface area contributed by atoms with Gasteiger partial charge in [0.2, 0.25) is 5.95 Å². The van der Waals surface area contributed by atoms with Gasteiger partial charge in [0, 0.05) is 5.56 Å². The van der Waals surface area contributed by atoms with Gasteiger partial charge < -0.3 is 4.74 Å². The minimum Gasteiger partial charge on any atom is -0.449 e. The zero-order valence-electron chi connectivity index (χ0n) is 13.0. The van der Waals surface area contributed by atoms with Crippen molar-refractivity contribution >= 4 is 17.9 Å². The van der Waals surface area contributed by atoms with Gasteiger partial charge in [-0.25, -0.2) is 14.3 Å². The molecule has 2 aromatic rings. The van der Waals surface area contributed by atoms with Crippen molar-refractivity contribution in [3.05, 3.63) is 47.3 Å². The number of ether oxygens (including phenoxy) is 1.